The van der Waals surface area contributed by atoms with Gasteiger partial charge in [0.2, 0.25) is 10.0 Å². The Morgan fingerprint density at radius 1 is 1.03 bits per heavy atom. The number of hydrogen-bond donors (Lipinski definition) is 1. The summed E-state index contributed by atoms with van der Waals surface area (Å²) in [5.74, 6) is -0.207. The molecule has 1 N–H and O–H groups in total. The number of hydrogen-bond acceptors (Lipinski definition) is 4. The van der Waals surface area contributed by atoms with E-state index in [2.05, 4.69) is 4.72 Å². The highest BCUT2D eigenvalue weighted by Crippen LogP contribution is 2.25. The number of amides is 1. The van der Waals surface area contributed by atoms with Gasteiger partial charge >= 0.3 is 0 Å². The van der Waals surface area contributed by atoms with Gasteiger partial charge in [0.15, 0.2) is 6.61 Å². The molecule has 8 heteroatoms. The minimum Gasteiger partial charge on any atom is -0.483 e. The standard InChI is InChI=1S/C21H23FN2O4S/c22-18-6-8-20-17(11-18)13-24(21(25)14-28-20)10-9-23-29(26,27)19-7-5-15-3-1-2-4-16(15)12-19/h5-8,11-12,23H,1-4,9-10,13-14H2. The number of nitrogens with zero attached hydrogens (tertiary/aromatic N) is 1. The first-order valence-electron chi connectivity index (χ1n) is 9.73. The Bertz CT molecular complexity index is 1040. The fourth-order valence-electron chi connectivity index (χ4n) is 3.82. The lowest BCUT2D eigenvalue weighted by atomic mass is 9.92. The molecule has 0 saturated carbocycles. The lowest BCUT2D eigenvalue weighted by Gasteiger charge is -2.20. The highest BCUT2D eigenvalue weighted by molar-refractivity contribution is 7.89. The number of carbonyl (C=O) groups excluding carboxylic acids is 1. The van der Waals surface area contributed by atoms with Gasteiger partial charge in [-0.2, -0.15) is 0 Å². The van der Waals surface area contributed by atoms with E-state index in [1.54, 1.807) is 12.1 Å². The Morgan fingerprint density at radius 2 is 1.83 bits per heavy atom. The SMILES string of the molecule is O=C1COc2ccc(F)cc2CN1CCNS(=O)(=O)c1ccc2c(c1)CCCC2. The summed E-state index contributed by atoms with van der Waals surface area (Å²) in [5.41, 5.74) is 2.88. The molecule has 1 heterocycles. The van der Waals surface area contributed by atoms with E-state index >= 15 is 0 Å². The summed E-state index contributed by atoms with van der Waals surface area (Å²) in [5, 5.41) is 0. The van der Waals surface area contributed by atoms with Gasteiger partial charge in [0.05, 0.1) is 4.90 Å². The Balaban J connectivity index is 1.41. The zero-order valence-electron chi connectivity index (χ0n) is 16.0. The Labute approximate surface area is 169 Å². The van der Waals surface area contributed by atoms with Crippen molar-refractivity contribution in [1.29, 1.82) is 0 Å². The molecule has 4 rings (SSSR count). The molecule has 2 aliphatic rings. The van der Waals surface area contributed by atoms with Crippen molar-refractivity contribution in [2.75, 3.05) is 19.7 Å². The third-order valence-corrected chi connectivity index (χ3v) is 6.85. The smallest absolute Gasteiger partial charge is 0.260 e. The minimum atomic E-state index is -3.67. The lowest BCUT2D eigenvalue weighted by molar-refractivity contribution is -0.133. The van der Waals surface area contributed by atoms with E-state index in [0.717, 1.165) is 31.2 Å². The van der Waals surface area contributed by atoms with Crippen LogP contribution in [0.3, 0.4) is 0 Å². The van der Waals surface area contributed by atoms with Crippen LogP contribution < -0.4 is 9.46 Å². The highest BCUT2D eigenvalue weighted by Gasteiger charge is 2.23. The Hall–Kier alpha value is -2.45. The molecule has 2 aromatic rings. The van der Waals surface area contributed by atoms with E-state index in [-0.39, 0.29) is 37.0 Å². The summed E-state index contributed by atoms with van der Waals surface area (Å²) in [6.45, 7) is 0.251. The quantitative estimate of drug-likeness (QED) is 0.809. The van der Waals surface area contributed by atoms with Crippen molar-refractivity contribution < 1.29 is 22.3 Å². The van der Waals surface area contributed by atoms with Gasteiger partial charge in [-0.1, -0.05) is 6.07 Å². The third-order valence-electron chi connectivity index (χ3n) is 5.39. The highest BCUT2D eigenvalue weighted by atomic mass is 32.2. The zero-order chi connectivity index (χ0) is 20.4. The molecule has 1 amide bonds. The molecule has 1 aliphatic carbocycles. The molecule has 0 unspecified atom stereocenters. The maximum Gasteiger partial charge on any atom is 0.260 e. The number of carbonyl (C=O) groups is 1. The summed E-state index contributed by atoms with van der Waals surface area (Å²) in [7, 11) is -3.67. The molecule has 2 aromatic carbocycles. The van der Waals surface area contributed by atoms with E-state index in [4.69, 9.17) is 4.74 Å². The Morgan fingerprint density at radius 3 is 2.66 bits per heavy atom. The monoisotopic (exact) mass is 418 g/mol. The van der Waals surface area contributed by atoms with Gasteiger partial charge in [0.25, 0.3) is 5.91 Å². The van der Waals surface area contributed by atoms with Crippen molar-refractivity contribution in [3.05, 3.63) is 58.9 Å². The minimum absolute atomic E-state index is 0.0653. The van der Waals surface area contributed by atoms with Crippen molar-refractivity contribution in [3.8, 4) is 5.75 Å². The van der Waals surface area contributed by atoms with Crippen molar-refractivity contribution >= 4 is 15.9 Å². The summed E-state index contributed by atoms with van der Waals surface area (Å²) in [6.07, 6.45) is 4.10. The normalized spacial score (nSPS) is 16.6. The maximum absolute atomic E-state index is 13.5. The number of sulfonamides is 1. The predicted octanol–water partition coefficient (Wildman–Crippen LogP) is 2.40. The van der Waals surface area contributed by atoms with Crippen LogP contribution in [-0.4, -0.2) is 38.9 Å². The van der Waals surface area contributed by atoms with E-state index < -0.39 is 15.8 Å². The average molecular weight is 418 g/mol. The molecule has 6 nitrogen and oxygen atoms in total. The molecular weight excluding hydrogens is 395 g/mol. The lowest BCUT2D eigenvalue weighted by Crippen LogP contribution is -2.39. The van der Waals surface area contributed by atoms with Crippen molar-refractivity contribution in [1.82, 2.24) is 9.62 Å². The van der Waals surface area contributed by atoms with Crippen LogP contribution in [0, 0.1) is 5.82 Å². The molecule has 0 atom stereocenters. The first kappa shape index (κ1) is 19.8. The average Bonchev–Trinajstić information content (AvgIpc) is 2.86. The van der Waals surface area contributed by atoms with Gasteiger partial charge in [-0.05, 0) is 67.1 Å². The second-order valence-electron chi connectivity index (χ2n) is 7.39. The topological polar surface area (TPSA) is 75.7 Å². The molecule has 29 heavy (non-hydrogen) atoms. The second kappa shape index (κ2) is 8.12. The molecule has 0 spiro atoms. The summed E-state index contributed by atoms with van der Waals surface area (Å²) in [6, 6.07) is 9.39. The van der Waals surface area contributed by atoms with Crippen LogP contribution in [0.4, 0.5) is 4.39 Å². The van der Waals surface area contributed by atoms with Crippen LogP contribution in [0.15, 0.2) is 41.3 Å². The van der Waals surface area contributed by atoms with Crippen LogP contribution in [0.1, 0.15) is 29.5 Å². The van der Waals surface area contributed by atoms with Crippen molar-refractivity contribution in [2.24, 2.45) is 0 Å². The number of ether oxygens (including phenoxy) is 1. The first-order chi connectivity index (χ1) is 13.9. The third kappa shape index (κ3) is 4.43. The largest absolute Gasteiger partial charge is 0.483 e. The van der Waals surface area contributed by atoms with Crippen LogP contribution in [-0.2, 0) is 34.2 Å². The molecule has 1 aliphatic heterocycles. The molecule has 154 valence electrons. The number of halogens is 1. The number of nitrogens with one attached hydrogen (secondary N) is 1. The summed E-state index contributed by atoms with van der Waals surface area (Å²) < 4.78 is 46.8. The molecule has 0 fully saturated rings. The summed E-state index contributed by atoms with van der Waals surface area (Å²) >= 11 is 0. The van der Waals surface area contributed by atoms with Crippen LogP contribution in [0.25, 0.3) is 0 Å². The van der Waals surface area contributed by atoms with Crippen LogP contribution in [0.5, 0.6) is 5.75 Å². The van der Waals surface area contributed by atoms with Gasteiger partial charge in [0.1, 0.15) is 11.6 Å². The Kier molecular flexibility index (Phi) is 5.56. The van der Waals surface area contributed by atoms with E-state index in [0.29, 0.717) is 11.3 Å². The number of fused-ring (bicyclic) bond motifs is 2. The predicted molar refractivity (Wildman–Crippen MR) is 106 cm³/mol. The van der Waals surface area contributed by atoms with Gasteiger partial charge in [-0.25, -0.2) is 17.5 Å². The fraction of sp³-hybridized carbons (Fsp3) is 0.381. The van der Waals surface area contributed by atoms with Crippen LogP contribution >= 0.6 is 0 Å². The molecule has 0 bridgehead atoms. The van der Waals surface area contributed by atoms with Gasteiger partial charge < -0.3 is 9.64 Å². The zero-order valence-corrected chi connectivity index (χ0v) is 16.8. The maximum atomic E-state index is 13.5. The molecular formula is C21H23FN2O4S. The fourth-order valence-corrected chi connectivity index (χ4v) is 4.89. The van der Waals surface area contributed by atoms with E-state index in [9.17, 15) is 17.6 Å². The van der Waals surface area contributed by atoms with Gasteiger partial charge in [-0.15, -0.1) is 0 Å². The van der Waals surface area contributed by atoms with Crippen LogP contribution in [0.2, 0.25) is 0 Å². The van der Waals surface area contributed by atoms with Gasteiger partial charge in [-0.3, -0.25) is 4.79 Å². The number of benzene rings is 2. The van der Waals surface area contributed by atoms with E-state index in [1.807, 2.05) is 6.07 Å². The van der Waals surface area contributed by atoms with Crippen molar-refractivity contribution in [2.45, 2.75) is 37.1 Å². The number of rotatable bonds is 5. The van der Waals surface area contributed by atoms with E-state index in [1.165, 1.54) is 28.7 Å². The van der Waals surface area contributed by atoms with Crippen molar-refractivity contribution in [3.63, 3.8) is 0 Å². The summed E-state index contributed by atoms with van der Waals surface area (Å²) in [4.78, 5) is 14.0. The molecule has 0 radical (unpaired) electrons. The molecule has 0 aromatic heterocycles. The van der Waals surface area contributed by atoms with Gasteiger partial charge in [0, 0.05) is 25.2 Å². The first-order valence-corrected chi connectivity index (χ1v) is 11.2. The second-order valence-corrected chi connectivity index (χ2v) is 9.16. The molecule has 0 saturated heterocycles. The number of aryl methyl sites for hydroxylation is 2.